The van der Waals surface area contributed by atoms with Crippen molar-refractivity contribution in [2.24, 2.45) is 7.05 Å². The second-order valence-corrected chi connectivity index (χ2v) is 8.23. The average molecular weight is 465 g/mol. The highest BCUT2D eigenvalue weighted by Gasteiger charge is 2.17. The van der Waals surface area contributed by atoms with Gasteiger partial charge >= 0.3 is 0 Å². The number of aromatic nitrogens is 4. The topological polar surface area (TPSA) is 76.9 Å². The average Bonchev–Trinajstić information content (AvgIpc) is 3.40. The van der Waals surface area contributed by atoms with Gasteiger partial charge in [-0.25, -0.2) is 9.97 Å². The van der Waals surface area contributed by atoms with Gasteiger partial charge in [0.25, 0.3) is 0 Å². The first-order chi connectivity index (χ1) is 14.6. The Kier molecular flexibility index (Phi) is 5.10. The third-order valence-electron chi connectivity index (χ3n) is 5.09. The quantitative estimate of drug-likeness (QED) is 0.459. The van der Waals surface area contributed by atoms with Crippen molar-refractivity contribution in [2.45, 2.75) is 12.5 Å². The van der Waals surface area contributed by atoms with Gasteiger partial charge < -0.3 is 15.4 Å². The molecule has 0 saturated carbocycles. The summed E-state index contributed by atoms with van der Waals surface area (Å²) in [6.45, 7) is 1.85. The van der Waals surface area contributed by atoms with E-state index in [4.69, 9.17) is 4.74 Å². The summed E-state index contributed by atoms with van der Waals surface area (Å²) in [5.74, 6) is 1.36. The van der Waals surface area contributed by atoms with E-state index in [1.165, 1.54) is 0 Å². The largest absolute Gasteiger partial charge is 0.489 e. The molecule has 1 fully saturated rings. The zero-order valence-electron chi connectivity index (χ0n) is 16.5. The first kappa shape index (κ1) is 19.0. The molecule has 2 aromatic heterocycles. The van der Waals surface area contributed by atoms with Crippen molar-refractivity contribution in [3.05, 3.63) is 59.5 Å². The first-order valence-corrected chi connectivity index (χ1v) is 10.6. The number of ether oxygens (including phenoxy) is 1. The number of rotatable bonds is 5. The van der Waals surface area contributed by atoms with Gasteiger partial charge in [0, 0.05) is 53.2 Å². The molecule has 1 saturated heterocycles. The second kappa shape index (κ2) is 8.04. The van der Waals surface area contributed by atoms with Crippen LogP contribution in [-0.4, -0.2) is 38.9 Å². The summed E-state index contributed by atoms with van der Waals surface area (Å²) in [7, 11) is 1.91. The molecule has 8 heteroatoms. The normalized spacial score (nSPS) is 16.1. The van der Waals surface area contributed by atoms with Crippen LogP contribution < -0.4 is 15.4 Å². The Labute approximate surface area is 182 Å². The molecule has 30 heavy (non-hydrogen) atoms. The van der Waals surface area contributed by atoms with E-state index in [9.17, 15) is 0 Å². The van der Waals surface area contributed by atoms with Gasteiger partial charge in [0.15, 0.2) is 0 Å². The van der Waals surface area contributed by atoms with Crippen LogP contribution in [0.4, 0.5) is 11.6 Å². The zero-order chi connectivity index (χ0) is 20.5. The van der Waals surface area contributed by atoms with Crippen LogP contribution in [0.1, 0.15) is 6.42 Å². The molecule has 0 bridgehead atoms. The summed E-state index contributed by atoms with van der Waals surface area (Å²) in [6.07, 6.45) is 6.84. The third-order valence-corrected chi connectivity index (χ3v) is 5.78. The summed E-state index contributed by atoms with van der Waals surface area (Å²) in [5, 5.41) is 12.0. The number of halogens is 1. The van der Waals surface area contributed by atoms with E-state index in [1.54, 1.807) is 4.68 Å². The minimum atomic E-state index is 0.177. The monoisotopic (exact) mass is 464 g/mol. The van der Waals surface area contributed by atoms with Crippen molar-refractivity contribution in [1.29, 1.82) is 0 Å². The molecule has 2 aromatic carbocycles. The lowest BCUT2D eigenvalue weighted by Crippen LogP contribution is -2.19. The van der Waals surface area contributed by atoms with Crippen LogP contribution in [0.2, 0.25) is 0 Å². The van der Waals surface area contributed by atoms with Crippen molar-refractivity contribution in [2.75, 3.05) is 18.4 Å². The molecule has 152 valence electrons. The van der Waals surface area contributed by atoms with Crippen molar-refractivity contribution in [1.82, 2.24) is 25.1 Å². The van der Waals surface area contributed by atoms with Gasteiger partial charge in [0.2, 0.25) is 5.95 Å². The molecular formula is C22H21BrN6O. The van der Waals surface area contributed by atoms with Crippen LogP contribution in [-0.2, 0) is 7.05 Å². The predicted octanol–water partition coefficient (Wildman–Crippen LogP) is 4.28. The smallest absolute Gasteiger partial charge is 0.227 e. The van der Waals surface area contributed by atoms with Crippen LogP contribution >= 0.6 is 15.9 Å². The van der Waals surface area contributed by atoms with E-state index in [0.29, 0.717) is 5.95 Å². The molecular weight excluding hydrogens is 444 g/mol. The molecule has 1 aliphatic rings. The van der Waals surface area contributed by atoms with Gasteiger partial charge in [0.05, 0.1) is 11.7 Å². The summed E-state index contributed by atoms with van der Waals surface area (Å²) >= 11 is 3.55. The van der Waals surface area contributed by atoms with Gasteiger partial charge in [-0.2, -0.15) is 5.10 Å². The summed E-state index contributed by atoms with van der Waals surface area (Å²) in [6, 6.07) is 12.0. The number of benzene rings is 2. The van der Waals surface area contributed by atoms with Crippen LogP contribution in [0.15, 0.2) is 59.5 Å². The molecule has 5 rings (SSSR count). The fraction of sp³-hybridized carbons (Fsp3) is 0.227. The molecule has 0 spiro atoms. The fourth-order valence-corrected chi connectivity index (χ4v) is 4.06. The summed E-state index contributed by atoms with van der Waals surface area (Å²) < 4.78 is 9.00. The van der Waals surface area contributed by atoms with Crippen LogP contribution in [0, 0.1) is 0 Å². The number of hydrogen-bond acceptors (Lipinski definition) is 6. The predicted molar refractivity (Wildman–Crippen MR) is 121 cm³/mol. The van der Waals surface area contributed by atoms with E-state index in [1.807, 2.05) is 49.9 Å². The summed E-state index contributed by atoms with van der Waals surface area (Å²) in [4.78, 5) is 9.13. The Morgan fingerprint density at radius 1 is 1.20 bits per heavy atom. The molecule has 7 nitrogen and oxygen atoms in total. The van der Waals surface area contributed by atoms with Crippen LogP contribution in [0.25, 0.3) is 22.0 Å². The third kappa shape index (κ3) is 4.01. The van der Waals surface area contributed by atoms with Gasteiger partial charge in [-0.15, -0.1) is 0 Å². The molecule has 0 unspecified atom stereocenters. The van der Waals surface area contributed by atoms with E-state index in [-0.39, 0.29) is 6.10 Å². The second-order valence-electron chi connectivity index (χ2n) is 7.37. The van der Waals surface area contributed by atoms with E-state index in [2.05, 4.69) is 53.8 Å². The summed E-state index contributed by atoms with van der Waals surface area (Å²) in [5.41, 5.74) is 3.79. The maximum Gasteiger partial charge on any atom is 0.227 e. The number of nitrogens with one attached hydrogen (secondary N) is 2. The Bertz CT molecular complexity index is 1200. The van der Waals surface area contributed by atoms with Gasteiger partial charge in [-0.1, -0.05) is 22.0 Å². The maximum absolute atomic E-state index is 6.23. The fourth-order valence-electron chi connectivity index (χ4n) is 3.61. The van der Waals surface area contributed by atoms with E-state index in [0.717, 1.165) is 57.4 Å². The molecule has 0 radical (unpaired) electrons. The highest BCUT2D eigenvalue weighted by molar-refractivity contribution is 9.10. The number of hydrogen-bond donors (Lipinski definition) is 2. The van der Waals surface area contributed by atoms with Gasteiger partial charge in [0.1, 0.15) is 11.9 Å². The first-order valence-electron chi connectivity index (χ1n) is 9.84. The van der Waals surface area contributed by atoms with Crippen molar-refractivity contribution < 1.29 is 4.74 Å². The Morgan fingerprint density at radius 2 is 2.13 bits per heavy atom. The highest BCUT2D eigenvalue weighted by Crippen LogP contribution is 2.31. The standard InChI is InChI=1S/C22H21BrN6O/c1-29-13-15(10-26-29)14-7-16(9-18(8-14)30-17-5-6-24-11-17)27-22-25-12-19-20(23)3-2-4-21(19)28-22/h2-4,7-10,12-13,17,24H,5-6,11H2,1H3,(H,25,27,28)/t17-/m0/s1. The Hall–Kier alpha value is -2.97. The maximum atomic E-state index is 6.23. The number of fused-ring (bicyclic) bond motifs is 1. The number of aryl methyl sites for hydroxylation is 1. The van der Waals surface area contributed by atoms with Gasteiger partial charge in [-0.3, -0.25) is 4.68 Å². The number of nitrogens with zero attached hydrogens (tertiary/aromatic N) is 4. The molecule has 2 N–H and O–H groups in total. The van der Waals surface area contributed by atoms with Gasteiger partial charge in [-0.05, 0) is 42.8 Å². The van der Waals surface area contributed by atoms with Crippen LogP contribution in [0.5, 0.6) is 5.75 Å². The minimum Gasteiger partial charge on any atom is -0.489 e. The van der Waals surface area contributed by atoms with Crippen LogP contribution in [0.3, 0.4) is 0 Å². The molecule has 3 heterocycles. The lowest BCUT2D eigenvalue weighted by Gasteiger charge is -2.15. The molecule has 0 aliphatic carbocycles. The SMILES string of the molecule is Cn1cc(-c2cc(Nc3ncc4c(Br)cccc4n3)cc(O[C@H]3CCNC3)c2)cn1. The van der Waals surface area contributed by atoms with Crippen molar-refractivity contribution >= 4 is 38.5 Å². The molecule has 1 aliphatic heterocycles. The minimum absolute atomic E-state index is 0.177. The Balaban J connectivity index is 1.49. The lowest BCUT2D eigenvalue weighted by atomic mass is 10.1. The molecule has 4 aromatic rings. The molecule has 0 amide bonds. The molecule has 1 atom stereocenters. The van der Waals surface area contributed by atoms with E-state index < -0.39 is 0 Å². The zero-order valence-corrected chi connectivity index (χ0v) is 18.1. The van der Waals surface area contributed by atoms with E-state index >= 15 is 0 Å². The van der Waals surface area contributed by atoms with Crippen molar-refractivity contribution in [3.8, 4) is 16.9 Å². The highest BCUT2D eigenvalue weighted by atomic mass is 79.9. The lowest BCUT2D eigenvalue weighted by molar-refractivity contribution is 0.223. The van der Waals surface area contributed by atoms with Crippen molar-refractivity contribution in [3.63, 3.8) is 0 Å². The Morgan fingerprint density at radius 3 is 2.93 bits per heavy atom. The number of anilines is 2.